The van der Waals surface area contributed by atoms with Crippen LogP contribution in [0.15, 0.2) is 12.1 Å². The lowest BCUT2D eigenvalue weighted by atomic mass is 10.3. The van der Waals surface area contributed by atoms with E-state index in [1.54, 1.807) is 0 Å². The van der Waals surface area contributed by atoms with E-state index in [4.69, 9.17) is 27.2 Å². The van der Waals surface area contributed by atoms with Gasteiger partial charge in [-0.25, -0.2) is 0 Å². The van der Waals surface area contributed by atoms with Crippen molar-refractivity contribution < 1.29 is 9.84 Å². The molecule has 0 atom stereocenters. The Bertz CT molecular complexity index is 252. The average molecular weight is 174 g/mol. The van der Waals surface area contributed by atoms with Crippen molar-refractivity contribution >= 4 is 17.3 Å². The van der Waals surface area contributed by atoms with Gasteiger partial charge in [-0.15, -0.1) is 0 Å². The Kier molecular flexibility index (Phi) is 2.10. The van der Waals surface area contributed by atoms with Crippen LogP contribution in [0.25, 0.3) is 0 Å². The number of nitrogen functional groups attached to an aromatic ring is 1. The minimum Gasteiger partial charge on any atom is -0.504 e. The summed E-state index contributed by atoms with van der Waals surface area (Å²) in [5.74, 6) is 0.428. The molecular weight excluding hydrogens is 166 g/mol. The molecule has 1 aromatic carbocycles. The van der Waals surface area contributed by atoms with Crippen molar-refractivity contribution in [2.75, 3.05) is 12.8 Å². The highest BCUT2D eigenvalue weighted by atomic mass is 35.5. The predicted octanol–water partition coefficient (Wildman–Crippen LogP) is 1.64. The molecule has 0 radical (unpaired) electrons. The van der Waals surface area contributed by atoms with Gasteiger partial charge in [0, 0.05) is 12.1 Å². The number of anilines is 1. The summed E-state index contributed by atoms with van der Waals surface area (Å²) in [7, 11) is 1.50. The number of ether oxygens (including phenoxy) is 1. The molecule has 0 saturated heterocycles. The largest absolute Gasteiger partial charge is 0.504 e. The Labute approximate surface area is 69.3 Å². The smallest absolute Gasteiger partial charge is 0.157 e. The van der Waals surface area contributed by atoms with Gasteiger partial charge >= 0.3 is 0 Å². The average Bonchev–Trinajstić information content (AvgIpc) is 1.99. The van der Waals surface area contributed by atoms with Crippen LogP contribution in [0, 0.1) is 0 Å². The second-order valence-electron chi connectivity index (χ2n) is 2.05. The van der Waals surface area contributed by atoms with E-state index in [0.717, 1.165) is 0 Å². The summed E-state index contributed by atoms with van der Waals surface area (Å²) in [6.07, 6.45) is 0. The van der Waals surface area contributed by atoms with Crippen molar-refractivity contribution in [3.8, 4) is 11.5 Å². The zero-order valence-corrected chi connectivity index (χ0v) is 6.72. The molecule has 0 unspecified atom stereocenters. The highest BCUT2D eigenvalue weighted by molar-refractivity contribution is 6.32. The molecule has 4 heteroatoms. The standard InChI is InChI=1S/C7H8ClNO2/c1-11-4-2-5(8)7(10)6(9)3-4/h2-3,10H,9H2,1H3. The van der Waals surface area contributed by atoms with E-state index < -0.39 is 0 Å². The molecule has 0 aliphatic carbocycles. The highest BCUT2D eigenvalue weighted by Crippen LogP contribution is 2.33. The van der Waals surface area contributed by atoms with Crippen LogP contribution in [0.3, 0.4) is 0 Å². The van der Waals surface area contributed by atoms with Crippen LogP contribution in [0.1, 0.15) is 0 Å². The fourth-order valence-electron chi connectivity index (χ4n) is 0.712. The first-order valence-electron chi connectivity index (χ1n) is 2.97. The van der Waals surface area contributed by atoms with Crippen molar-refractivity contribution in [1.29, 1.82) is 0 Å². The van der Waals surface area contributed by atoms with Gasteiger partial charge in [-0.3, -0.25) is 0 Å². The fourth-order valence-corrected chi connectivity index (χ4v) is 0.929. The first kappa shape index (κ1) is 8.01. The van der Waals surface area contributed by atoms with Gasteiger partial charge in [0.25, 0.3) is 0 Å². The normalized spacial score (nSPS) is 9.64. The SMILES string of the molecule is COc1cc(N)c(O)c(Cl)c1. The summed E-state index contributed by atoms with van der Waals surface area (Å²) in [6.45, 7) is 0. The zero-order chi connectivity index (χ0) is 8.43. The van der Waals surface area contributed by atoms with E-state index in [0.29, 0.717) is 5.75 Å². The zero-order valence-electron chi connectivity index (χ0n) is 5.97. The van der Waals surface area contributed by atoms with Crippen LogP contribution in [-0.2, 0) is 0 Å². The number of hydrogen-bond acceptors (Lipinski definition) is 3. The second-order valence-corrected chi connectivity index (χ2v) is 2.45. The van der Waals surface area contributed by atoms with Crippen LogP contribution in [0.5, 0.6) is 11.5 Å². The van der Waals surface area contributed by atoms with Crippen molar-refractivity contribution in [3.05, 3.63) is 17.2 Å². The van der Waals surface area contributed by atoms with E-state index in [9.17, 15) is 0 Å². The van der Waals surface area contributed by atoms with Gasteiger partial charge in [-0.1, -0.05) is 11.6 Å². The van der Waals surface area contributed by atoms with Crippen LogP contribution in [0.4, 0.5) is 5.69 Å². The number of hydrogen-bond donors (Lipinski definition) is 2. The number of phenols is 1. The predicted molar refractivity (Wildman–Crippen MR) is 44.1 cm³/mol. The molecule has 0 saturated carbocycles. The molecule has 0 heterocycles. The van der Waals surface area contributed by atoms with Crippen LogP contribution >= 0.6 is 11.6 Å². The monoisotopic (exact) mass is 173 g/mol. The molecule has 11 heavy (non-hydrogen) atoms. The van der Waals surface area contributed by atoms with Crippen molar-refractivity contribution in [1.82, 2.24) is 0 Å². The Morgan fingerprint density at radius 1 is 1.55 bits per heavy atom. The molecule has 1 rings (SSSR count). The first-order valence-corrected chi connectivity index (χ1v) is 3.35. The molecule has 3 nitrogen and oxygen atoms in total. The maximum Gasteiger partial charge on any atom is 0.157 e. The van der Waals surface area contributed by atoms with Crippen molar-refractivity contribution in [3.63, 3.8) is 0 Å². The van der Waals surface area contributed by atoms with E-state index >= 15 is 0 Å². The molecule has 0 aromatic heterocycles. The van der Waals surface area contributed by atoms with E-state index in [1.165, 1.54) is 19.2 Å². The molecular formula is C7H8ClNO2. The van der Waals surface area contributed by atoms with Gasteiger partial charge in [0.2, 0.25) is 0 Å². The summed E-state index contributed by atoms with van der Waals surface area (Å²) >= 11 is 5.59. The topological polar surface area (TPSA) is 55.5 Å². The van der Waals surface area contributed by atoms with Crippen LogP contribution < -0.4 is 10.5 Å². The number of halogens is 1. The van der Waals surface area contributed by atoms with Gasteiger partial charge in [-0.05, 0) is 0 Å². The minimum absolute atomic E-state index is 0.104. The van der Waals surface area contributed by atoms with E-state index in [1.807, 2.05) is 0 Å². The number of phenolic OH excluding ortho intramolecular Hbond substituents is 1. The van der Waals surface area contributed by atoms with Gasteiger partial charge in [0.1, 0.15) is 5.75 Å². The third kappa shape index (κ3) is 1.49. The van der Waals surface area contributed by atoms with Crippen molar-refractivity contribution in [2.45, 2.75) is 0 Å². The maximum absolute atomic E-state index is 9.11. The van der Waals surface area contributed by atoms with Gasteiger partial charge in [0.05, 0.1) is 17.8 Å². The Hall–Kier alpha value is -1.09. The highest BCUT2D eigenvalue weighted by Gasteiger charge is 2.04. The summed E-state index contributed by atoms with van der Waals surface area (Å²) in [6, 6.07) is 2.99. The lowest BCUT2D eigenvalue weighted by Crippen LogP contribution is -1.89. The van der Waals surface area contributed by atoms with Gasteiger partial charge in [-0.2, -0.15) is 0 Å². The quantitative estimate of drug-likeness (QED) is 0.502. The lowest BCUT2D eigenvalue weighted by molar-refractivity contribution is 0.413. The van der Waals surface area contributed by atoms with Gasteiger partial charge in [0.15, 0.2) is 5.75 Å². The third-order valence-electron chi connectivity index (χ3n) is 1.30. The summed E-state index contributed by atoms with van der Waals surface area (Å²) in [4.78, 5) is 0. The summed E-state index contributed by atoms with van der Waals surface area (Å²) in [5.41, 5.74) is 5.60. The van der Waals surface area contributed by atoms with Crippen LogP contribution in [-0.4, -0.2) is 12.2 Å². The Morgan fingerprint density at radius 3 is 2.64 bits per heavy atom. The molecule has 1 aromatic rings. The molecule has 0 aliphatic heterocycles. The molecule has 0 bridgehead atoms. The molecule has 0 spiro atoms. The summed E-state index contributed by atoms with van der Waals surface area (Å²) < 4.78 is 4.86. The van der Waals surface area contributed by atoms with E-state index in [-0.39, 0.29) is 16.5 Å². The number of rotatable bonds is 1. The third-order valence-corrected chi connectivity index (χ3v) is 1.59. The second kappa shape index (κ2) is 2.88. The Balaban J connectivity index is 3.21. The first-order chi connectivity index (χ1) is 5.15. The van der Waals surface area contributed by atoms with E-state index in [2.05, 4.69) is 0 Å². The number of benzene rings is 1. The minimum atomic E-state index is -0.104. The number of aromatic hydroxyl groups is 1. The lowest BCUT2D eigenvalue weighted by Gasteiger charge is -2.04. The maximum atomic E-state index is 9.11. The van der Waals surface area contributed by atoms with Gasteiger partial charge < -0.3 is 15.6 Å². The number of nitrogens with two attached hydrogens (primary N) is 1. The molecule has 60 valence electrons. The van der Waals surface area contributed by atoms with Crippen LogP contribution in [0.2, 0.25) is 5.02 Å². The molecule has 0 amide bonds. The summed E-state index contributed by atoms with van der Waals surface area (Å²) in [5, 5.41) is 9.31. The molecule has 3 N–H and O–H groups in total. The van der Waals surface area contributed by atoms with Crippen molar-refractivity contribution in [2.24, 2.45) is 0 Å². The molecule has 0 fully saturated rings. The Morgan fingerprint density at radius 2 is 2.18 bits per heavy atom. The molecule has 0 aliphatic rings. The number of methoxy groups -OCH3 is 1. The fraction of sp³-hybridized carbons (Fsp3) is 0.143.